The van der Waals surface area contributed by atoms with Crippen LogP contribution in [0.15, 0.2) is 61.1 Å². The molecule has 10 heteroatoms. The average Bonchev–Trinajstić information content (AvgIpc) is 3.45. The molecule has 1 aliphatic heterocycles. The van der Waals surface area contributed by atoms with Crippen molar-refractivity contribution in [3.63, 3.8) is 0 Å². The number of benzene rings is 2. The lowest BCUT2D eigenvalue weighted by Gasteiger charge is -2.35. The number of aromatic nitrogens is 3. The number of amides is 2. The predicted octanol–water partition coefficient (Wildman–Crippen LogP) is 4.42. The summed E-state index contributed by atoms with van der Waals surface area (Å²) in [6.45, 7) is 2.72. The van der Waals surface area contributed by atoms with E-state index in [0.29, 0.717) is 30.5 Å². The third-order valence-corrected chi connectivity index (χ3v) is 7.21. The van der Waals surface area contributed by atoms with E-state index in [9.17, 15) is 4.79 Å². The Morgan fingerprint density at radius 1 is 1.05 bits per heavy atom. The molecule has 10 nitrogen and oxygen atoms in total. The van der Waals surface area contributed by atoms with Gasteiger partial charge in [-0.2, -0.15) is 0 Å². The Hall–Kier alpha value is -4.31. The number of aryl methyl sites for hydroxylation is 1. The zero-order chi connectivity index (χ0) is 27.7. The van der Waals surface area contributed by atoms with Crippen LogP contribution in [-0.4, -0.2) is 53.8 Å². The molecule has 0 bridgehead atoms. The fourth-order valence-electron chi connectivity index (χ4n) is 5.10. The van der Waals surface area contributed by atoms with Gasteiger partial charge in [0.25, 0.3) is 0 Å². The largest absolute Gasteiger partial charge is 0.493 e. The number of methoxy groups -OCH3 is 1. The third-order valence-electron chi connectivity index (χ3n) is 7.21. The molecular formula is C30H37N7O3. The van der Waals surface area contributed by atoms with E-state index in [0.717, 1.165) is 67.5 Å². The molecular weight excluding hydrogens is 506 g/mol. The van der Waals surface area contributed by atoms with E-state index in [1.54, 1.807) is 19.6 Å². The van der Waals surface area contributed by atoms with E-state index >= 15 is 0 Å². The first-order chi connectivity index (χ1) is 19.6. The lowest BCUT2D eigenvalue weighted by atomic mass is 10.0. The van der Waals surface area contributed by atoms with Gasteiger partial charge in [-0.05, 0) is 92.7 Å². The van der Waals surface area contributed by atoms with Crippen LogP contribution in [0.2, 0.25) is 0 Å². The number of rotatable bonds is 11. The average molecular weight is 544 g/mol. The van der Waals surface area contributed by atoms with E-state index in [1.807, 2.05) is 53.4 Å². The molecule has 5 rings (SSSR count). The molecule has 0 spiro atoms. The molecule has 0 aliphatic carbocycles. The first-order valence-electron chi connectivity index (χ1n) is 13.8. The highest BCUT2D eigenvalue weighted by Crippen LogP contribution is 2.34. The number of carbonyl (C=O) groups excluding carboxylic acids is 1. The minimum absolute atomic E-state index is 0.0787. The van der Waals surface area contributed by atoms with Gasteiger partial charge in [0.15, 0.2) is 11.5 Å². The van der Waals surface area contributed by atoms with Gasteiger partial charge in [-0.3, -0.25) is 4.90 Å². The van der Waals surface area contributed by atoms with Crippen molar-refractivity contribution in [1.29, 1.82) is 0 Å². The fraction of sp³-hybridized carbons (Fsp3) is 0.367. The van der Waals surface area contributed by atoms with Gasteiger partial charge in [0, 0.05) is 30.5 Å². The smallest absolute Gasteiger partial charge is 0.322 e. The lowest BCUT2D eigenvalue weighted by molar-refractivity contribution is 0.241. The van der Waals surface area contributed by atoms with Crippen molar-refractivity contribution in [3.05, 3.63) is 72.2 Å². The topological polar surface area (TPSA) is 130 Å². The number of imidazole rings is 1. The van der Waals surface area contributed by atoms with Crippen molar-refractivity contribution in [2.45, 2.75) is 44.7 Å². The summed E-state index contributed by atoms with van der Waals surface area (Å²) in [5, 5.41) is 6.51. The molecule has 1 saturated heterocycles. The van der Waals surface area contributed by atoms with Crippen molar-refractivity contribution >= 4 is 28.6 Å². The van der Waals surface area contributed by atoms with Crippen LogP contribution in [0.4, 0.5) is 16.3 Å². The Balaban J connectivity index is 1.23. The minimum Gasteiger partial charge on any atom is -0.493 e. The Morgan fingerprint density at radius 2 is 1.93 bits per heavy atom. The summed E-state index contributed by atoms with van der Waals surface area (Å²) in [4.78, 5) is 26.9. The van der Waals surface area contributed by atoms with E-state index in [1.165, 1.54) is 5.56 Å². The number of nitrogens with two attached hydrogens (primary N) is 1. The molecule has 2 aromatic carbocycles. The fourth-order valence-corrected chi connectivity index (χ4v) is 5.10. The number of urea groups is 1. The first-order valence-corrected chi connectivity index (χ1v) is 13.8. The van der Waals surface area contributed by atoms with Gasteiger partial charge >= 0.3 is 6.03 Å². The molecule has 0 unspecified atom stereocenters. The number of hydrogen-bond acceptors (Lipinski definition) is 7. The number of pyridine rings is 1. The number of anilines is 2. The molecule has 0 saturated carbocycles. The summed E-state index contributed by atoms with van der Waals surface area (Å²) < 4.78 is 11.7. The summed E-state index contributed by atoms with van der Waals surface area (Å²) in [6.07, 6.45) is 7.94. The zero-order valence-corrected chi connectivity index (χ0v) is 22.9. The number of ether oxygens (including phenoxy) is 2. The number of nitrogen functional groups attached to an aromatic ring is 1. The highest BCUT2D eigenvalue weighted by Gasteiger charge is 2.27. The lowest BCUT2D eigenvalue weighted by Crippen LogP contribution is -2.50. The second-order valence-corrected chi connectivity index (χ2v) is 9.99. The van der Waals surface area contributed by atoms with Crippen LogP contribution >= 0.6 is 0 Å². The second kappa shape index (κ2) is 13.2. The number of fused-ring (bicyclic) bond motifs is 1. The maximum atomic E-state index is 13.6. The van der Waals surface area contributed by atoms with E-state index in [-0.39, 0.29) is 12.1 Å². The first kappa shape index (κ1) is 27.3. The van der Waals surface area contributed by atoms with Gasteiger partial charge in [-0.25, -0.2) is 14.8 Å². The molecule has 2 aromatic heterocycles. The normalized spacial score (nSPS) is 13.7. The molecule has 2 amide bonds. The van der Waals surface area contributed by atoms with Crippen LogP contribution in [0.5, 0.6) is 11.5 Å². The number of nitrogens with zero attached hydrogens (tertiary/aromatic N) is 3. The summed E-state index contributed by atoms with van der Waals surface area (Å²) in [6, 6.07) is 15.5. The van der Waals surface area contributed by atoms with E-state index in [4.69, 9.17) is 15.2 Å². The Morgan fingerprint density at radius 3 is 2.75 bits per heavy atom. The van der Waals surface area contributed by atoms with E-state index in [2.05, 4.69) is 25.6 Å². The second-order valence-electron chi connectivity index (χ2n) is 9.99. The zero-order valence-electron chi connectivity index (χ0n) is 22.9. The Bertz CT molecular complexity index is 1420. The van der Waals surface area contributed by atoms with Crippen molar-refractivity contribution < 1.29 is 14.3 Å². The molecule has 3 heterocycles. The van der Waals surface area contributed by atoms with Gasteiger partial charge in [0.05, 0.1) is 31.1 Å². The summed E-state index contributed by atoms with van der Waals surface area (Å²) in [7, 11) is 1.63. The predicted molar refractivity (Wildman–Crippen MR) is 157 cm³/mol. The highest BCUT2D eigenvalue weighted by molar-refractivity contribution is 5.93. The van der Waals surface area contributed by atoms with Gasteiger partial charge in [-0.15, -0.1) is 0 Å². The molecule has 1 fully saturated rings. The number of piperidine rings is 1. The molecule has 0 radical (unpaired) electrons. The number of nitrogens with one attached hydrogen (secondary N) is 3. The summed E-state index contributed by atoms with van der Waals surface area (Å²) >= 11 is 0. The van der Waals surface area contributed by atoms with Crippen LogP contribution in [0.25, 0.3) is 11.0 Å². The maximum absolute atomic E-state index is 13.6. The molecule has 1 aliphatic rings. The van der Waals surface area contributed by atoms with Gasteiger partial charge in [-0.1, -0.05) is 6.07 Å². The number of carbonyl (C=O) groups is 1. The van der Waals surface area contributed by atoms with Crippen molar-refractivity contribution in [3.8, 4) is 11.5 Å². The van der Waals surface area contributed by atoms with Crippen molar-refractivity contribution in [2.24, 2.45) is 0 Å². The molecule has 210 valence electrons. The van der Waals surface area contributed by atoms with Gasteiger partial charge < -0.3 is 30.8 Å². The summed E-state index contributed by atoms with van der Waals surface area (Å²) in [5.74, 6) is 1.81. The van der Waals surface area contributed by atoms with Crippen molar-refractivity contribution in [2.75, 3.05) is 37.4 Å². The van der Waals surface area contributed by atoms with Crippen LogP contribution < -0.4 is 30.7 Å². The SMILES string of the molecule is COc1cc(N(C(=O)NCc2ccc3nc[nH]c3c2)C2CCNCC2)ccc1OCCCCc1ccnc(N)c1. The minimum atomic E-state index is -0.135. The van der Waals surface area contributed by atoms with Crippen LogP contribution in [0, 0.1) is 0 Å². The Kier molecular flexibility index (Phi) is 8.97. The van der Waals surface area contributed by atoms with Crippen LogP contribution in [0.3, 0.4) is 0 Å². The van der Waals surface area contributed by atoms with E-state index < -0.39 is 0 Å². The van der Waals surface area contributed by atoms with Gasteiger partial charge in [0.2, 0.25) is 0 Å². The van der Waals surface area contributed by atoms with Gasteiger partial charge in [0.1, 0.15) is 5.82 Å². The van der Waals surface area contributed by atoms with Crippen LogP contribution in [-0.2, 0) is 13.0 Å². The quantitative estimate of drug-likeness (QED) is 0.206. The molecule has 5 N–H and O–H groups in total. The molecule has 0 atom stereocenters. The number of aromatic amines is 1. The summed E-state index contributed by atoms with van der Waals surface area (Å²) in [5.41, 5.74) is 10.6. The molecule has 4 aromatic rings. The number of hydrogen-bond donors (Lipinski definition) is 4. The Labute approximate surface area is 234 Å². The number of H-pyrrole nitrogens is 1. The third kappa shape index (κ3) is 6.81. The maximum Gasteiger partial charge on any atom is 0.322 e. The highest BCUT2D eigenvalue weighted by atomic mass is 16.5. The van der Waals surface area contributed by atoms with Crippen molar-refractivity contribution in [1.82, 2.24) is 25.6 Å². The number of unbranched alkanes of at least 4 members (excludes halogenated alkanes) is 1. The monoisotopic (exact) mass is 543 g/mol. The standard InChI is InChI=1S/C30H37N7O3/c1-39-28-18-24(6-8-27(28)40-15-3-2-4-21-9-14-33-29(31)17-21)37(23-10-12-32-13-11-23)30(38)34-19-22-5-7-25-26(16-22)36-20-35-25/h5-9,14,16-18,20,23,32H,2-4,10-13,15,19H2,1H3,(H2,31,33)(H,34,38)(H,35,36). The van der Waals surface area contributed by atoms with Crippen LogP contribution in [0.1, 0.15) is 36.8 Å². The molecule has 40 heavy (non-hydrogen) atoms.